The lowest BCUT2D eigenvalue weighted by molar-refractivity contribution is -0.141. The number of thioether (sulfide) groups is 1. The zero-order valence-electron chi connectivity index (χ0n) is 13.7. The quantitative estimate of drug-likeness (QED) is 0.509. The molecule has 1 aromatic heterocycles. The van der Waals surface area contributed by atoms with Crippen LogP contribution in [0.3, 0.4) is 0 Å². The molecule has 1 heterocycles. The van der Waals surface area contributed by atoms with E-state index in [0.717, 1.165) is 27.1 Å². The lowest BCUT2D eigenvalue weighted by Crippen LogP contribution is -2.07. The molecule has 0 aliphatic rings. The Hall–Kier alpha value is -2.84. The first kappa shape index (κ1) is 17.0. The van der Waals surface area contributed by atoms with E-state index < -0.39 is 0 Å². The summed E-state index contributed by atoms with van der Waals surface area (Å²) in [6.45, 7) is 2.24. The third-order valence-electron chi connectivity index (χ3n) is 3.72. The zero-order valence-corrected chi connectivity index (χ0v) is 14.5. The number of pyridine rings is 1. The summed E-state index contributed by atoms with van der Waals surface area (Å²) in [5.41, 5.74) is 3.51. The summed E-state index contributed by atoms with van der Waals surface area (Å²) in [5, 5.41) is 10.7. The van der Waals surface area contributed by atoms with Crippen LogP contribution in [0.15, 0.2) is 59.6 Å². The molecule has 2 aromatic carbocycles. The SMILES string of the molecule is Cc1cc(SCC(=O)OCc2ccc(C#N)cc2)nc2ccccc12. The maximum Gasteiger partial charge on any atom is 0.316 e. The van der Waals surface area contributed by atoms with E-state index in [1.54, 1.807) is 24.3 Å². The number of para-hydroxylation sites is 1. The molecule has 0 aliphatic heterocycles. The van der Waals surface area contributed by atoms with Crippen LogP contribution < -0.4 is 0 Å². The molecule has 3 aromatic rings. The Morgan fingerprint density at radius 1 is 1.20 bits per heavy atom. The molecular weight excluding hydrogens is 332 g/mol. The summed E-state index contributed by atoms with van der Waals surface area (Å²) < 4.78 is 5.27. The van der Waals surface area contributed by atoms with Crippen LogP contribution >= 0.6 is 11.8 Å². The molecule has 0 saturated carbocycles. The highest BCUT2D eigenvalue weighted by molar-refractivity contribution is 7.99. The van der Waals surface area contributed by atoms with Crippen LogP contribution in [0.2, 0.25) is 0 Å². The van der Waals surface area contributed by atoms with Crippen molar-refractivity contribution < 1.29 is 9.53 Å². The normalized spacial score (nSPS) is 10.4. The van der Waals surface area contributed by atoms with Crippen molar-refractivity contribution in [2.24, 2.45) is 0 Å². The number of aryl methyl sites for hydroxylation is 1. The van der Waals surface area contributed by atoms with Crippen LogP contribution in [0.5, 0.6) is 0 Å². The monoisotopic (exact) mass is 348 g/mol. The number of rotatable bonds is 5. The molecule has 5 heteroatoms. The summed E-state index contributed by atoms with van der Waals surface area (Å²) in [4.78, 5) is 16.5. The molecule has 0 N–H and O–H groups in total. The first-order valence-corrected chi connectivity index (χ1v) is 8.78. The van der Waals surface area contributed by atoms with Gasteiger partial charge in [-0.3, -0.25) is 4.79 Å². The van der Waals surface area contributed by atoms with Crippen LogP contribution in [0.1, 0.15) is 16.7 Å². The van der Waals surface area contributed by atoms with Gasteiger partial charge in [-0.2, -0.15) is 5.26 Å². The van der Waals surface area contributed by atoms with Crippen LogP contribution in [-0.2, 0) is 16.1 Å². The summed E-state index contributed by atoms with van der Waals surface area (Å²) in [6.07, 6.45) is 0. The summed E-state index contributed by atoms with van der Waals surface area (Å²) in [6, 6.07) is 19.0. The Labute approximate surface area is 150 Å². The molecular formula is C20H16N2O2S. The van der Waals surface area contributed by atoms with Crippen molar-refractivity contribution in [2.75, 3.05) is 5.75 Å². The van der Waals surface area contributed by atoms with E-state index in [2.05, 4.69) is 11.1 Å². The molecule has 25 heavy (non-hydrogen) atoms. The van der Waals surface area contributed by atoms with Crippen LogP contribution in [0.4, 0.5) is 0 Å². The highest BCUT2D eigenvalue weighted by Gasteiger charge is 2.08. The predicted molar refractivity (Wildman–Crippen MR) is 98.2 cm³/mol. The lowest BCUT2D eigenvalue weighted by Gasteiger charge is -2.07. The number of fused-ring (bicyclic) bond motifs is 1. The van der Waals surface area contributed by atoms with E-state index in [-0.39, 0.29) is 18.3 Å². The van der Waals surface area contributed by atoms with Gasteiger partial charge in [0.05, 0.1) is 27.9 Å². The molecule has 0 radical (unpaired) electrons. The fourth-order valence-electron chi connectivity index (χ4n) is 2.41. The largest absolute Gasteiger partial charge is 0.460 e. The Morgan fingerprint density at radius 2 is 1.96 bits per heavy atom. The maximum absolute atomic E-state index is 11.9. The number of esters is 1. The van der Waals surface area contributed by atoms with E-state index >= 15 is 0 Å². The number of nitrogens with zero attached hydrogens (tertiary/aromatic N) is 2. The van der Waals surface area contributed by atoms with Crippen molar-refractivity contribution in [2.45, 2.75) is 18.6 Å². The van der Waals surface area contributed by atoms with Crippen LogP contribution in [0, 0.1) is 18.3 Å². The number of hydrogen-bond donors (Lipinski definition) is 0. The number of ether oxygens (including phenoxy) is 1. The van der Waals surface area contributed by atoms with E-state index in [1.807, 2.05) is 37.3 Å². The van der Waals surface area contributed by atoms with Gasteiger partial charge in [-0.15, -0.1) is 0 Å². The molecule has 0 aliphatic carbocycles. The van der Waals surface area contributed by atoms with Crippen molar-refractivity contribution in [3.05, 3.63) is 71.3 Å². The number of carbonyl (C=O) groups is 1. The summed E-state index contributed by atoms with van der Waals surface area (Å²) in [7, 11) is 0. The molecule has 0 fully saturated rings. The number of carbonyl (C=O) groups excluding carboxylic acids is 1. The van der Waals surface area contributed by atoms with E-state index in [0.29, 0.717) is 5.56 Å². The summed E-state index contributed by atoms with van der Waals surface area (Å²) >= 11 is 1.37. The molecule has 0 saturated heterocycles. The number of aromatic nitrogens is 1. The topological polar surface area (TPSA) is 63.0 Å². The van der Waals surface area contributed by atoms with Gasteiger partial charge in [0.25, 0.3) is 0 Å². The molecule has 4 nitrogen and oxygen atoms in total. The van der Waals surface area contributed by atoms with Crippen LogP contribution in [-0.4, -0.2) is 16.7 Å². The summed E-state index contributed by atoms with van der Waals surface area (Å²) in [5.74, 6) is -0.0805. The van der Waals surface area contributed by atoms with Crippen molar-refractivity contribution >= 4 is 28.6 Å². The lowest BCUT2D eigenvalue weighted by atomic mass is 10.1. The Kier molecular flexibility index (Phi) is 5.32. The third kappa shape index (κ3) is 4.37. The van der Waals surface area contributed by atoms with E-state index in [9.17, 15) is 4.79 Å². The molecule has 0 bridgehead atoms. The van der Waals surface area contributed by atoms with Gasteiger partial charge in [0, 0.05) is 5.39 Å². The van der Waals surface area contributed by atoms with Crippen molar-refractivity contribution in [3.63, 3.8) is 0 Å². The van der Waals surface area contributed by atoms with E-state index in [1.165, 1.54) is 11.8 Å². The van der Waals surface area contributed by atoms with Crippen LogP contribution in [0.25, 0.3) is 10.9 Å². The minimum Gasteiger partial charge on any atom is -0.460 e. The average Bonchev–Trinajstić information content (AvgIpc) is 2.65. The molecule has 0 unspecified atom stereocenters. The minimum absolute atomic E-state index is 0.204. The van der Waals surface area contributed by atoms with Gasteiger partial charge in [-0.05, 0) is 42.3 Å². The molecule has 3 rings (SSSR count). The number of hydrogen-bond acceptors (Lipinski definition) is 5. The van der Waals surface area contributed by atoms with Gasteiger partial charge in [0.15, 0.2) is 0 Å². The molecule has 0 atom stereocenters. The Morgan fingerprint density at radius 3 is 2.72 bits per heavy atom. The molecule has 0 amide bonds. The fraction of sp³-hybridized carbons (Fsp3) is 0.150. The van der Waals surface area contributed by atoms with Crippen molar-refractivity contribution in [3.8, 4) is 6.07 Å². The van der Waals surface area contributed by atoms with Gasteiger partial charge in [-0.25, -0.2) is 4.98 Å². The second kappa shape index (κ2) is 7.82. The van der Waals surface area contributed by atoms with Gasteiger partial charge >= 0.3 is 5.97 Å². The van der Waals surface area contributed by atoms with Gasteiger partial charge in [0.2, 0.25) is 0 Å². The Balaban J connectivity index is 1.56. The number of benzene rings is 2. The van der Waals surface area contributed by atoms with Crippen molar-refractivity contribution in [1.82, 2.24) is 4.98 Å². The average molecular weight is 348 g/mol. The standard InChI is InChI=1S/C20H16N2O2S/c1-14-10-19(22-18-5-3-2-4-17(14)18)25-13-20(23)24-12-16-8-6-15(11-21)7-9-16/h2-10H,12-13H2,1H3. The highest BCUT2D eigenvalue weighted by Crippen LogP contribution is 2.23. The van der Waals surface area contributed by atoms with Gasteiger partial charge in [-0.1, -0.05) is 42.1 Å². The molecule has 0 spiro atoms. The van der Waals surface area contributed by atoms with Gasteiger partial charge in [0.1, 0.15) is 6.61 Å². The first-order chi connectivity index (χ1) is 12.2. The second-order valence-electron chi connectivity index (χ2n) is 5.55. The highest BCUT2D eigenvalue weighted by atomic mass is 32.2. The van der Waals surface area contributed by atoms with E-state index in [4.69, 9.17) is 10.00 Å². The second-order valence-corrected chi connectivity index (χ2v) is 6.55. The minimum atomic E-state index is -0.290. The van der Waals surface area contributed by atoms with Crippen molar-refractivity contribution in [1.29, 1.82) is 5.26 Å². The Bertz CT molecular complexity index is 946. The number of nitriles is 1. The maximum atomic E-state index is 11.9. The fourth-order valence-corrected chi connectivity index (χ4v) is 3.18. The molecule has 124 valence electrons. The smallest absolute Gasteiger partial charge is 0.316 e. The first-order valence-electron chi connectivity index (χ1n) is 7.79. The predicted octanol–water partition coefficient (Wildman–Crippen LogP) is 4.25. The zero-order chi connectivity index (χ0) is 17.6. The van der Waals surface area contributed by atoms with Gasteiger partial charge < -0.3 is 4.74 Å². The third-order valence-corrected chi connectivity index (χ3v) is 4.61.